The van der Waals surface area contributed by atoms with Gasteiger partial charge in [0.05, 0.1) is 7.11 Å². The van der Waals surface area contributed by atoms with Gasteiger partial charge in [-0.2, -0.15) is 0 Å². The van der Waals surface area contributed by atoms with E-state index < -0.39 is 17.5 Å². The van der Waals surface area contributed by atoms with E-state index in [-0.39, 0.29) is 23.8 Å². The SMILES string of the molecule is COc1c(F)cc(F)c(F)c1CC1CCCCN1. The van der Waals surface area contributed by atoms with Crippen LogP contribution in [0.4, 0.5) is 13.2 Å². The first-order valence-corrected chi connectivity index (χ1v) is 6.07. The minimum atomic E-state index is -1.17. The summed E-state index contributed by atoms with van der Waals surface area (Å²) in [4.78, 5) is 0. The van der Waals surface area contributed by atoms with Crippen LogP contribution in [0.25, 0.3) is 0 Å². The Kier molecular flexibility index (Phi) is 4.11. The molecule has 5 heteroatoms. The van der Waals surface area contributed by atoms with Crippen LogP contribution >= 0.6 is 0 Å². The highest BCUT2D eigenvalue weighted by atomic mass is 19.2. The molecule has 1 aliphatic heterocycles. The maximum absolute atomic E-state index is 13.7. The quantitative estimate of drug-likeness (QED) is 0.843. The molecular formula is C13H16F3NO. The zero-order chi connectivity index (χ0) is 13.1. The fraction of sp³-hybridized carbons (Fsp3) is 0.538. The highest BCUT2D eigenvalue weighted by molar-refractivity contribution is 5.37. The Morgan fingerprint density at radius 1 is 1.28 bits per heavy atom. The fourth-order valence-corrected chi connectivity index (χ4v) is 2.38. The number of hydrogen-bond acceptors (Lipinski definition) is 2. The summed E-state index contributed by atoms with van der Waals surface area (Å²) < 4.78 is 45.3. The first-order chi connectivity index (χ1) is 8.63. The fourth-order valence-electron chi connectivity index (χ4n) is 2.38. The van der Waals surface area contributed by atoms with E-state index in [1.165, 1.54) is 7.11 Å². The highest BCUT2D eigenvalue weighted by Crippen LogP contribution is 2.29. The summed E-state index contributed by atoms with van der Waals surface area (Å²) in [6, 6.07) is 0.565. The second-order valence-electron chi connectivity index (χ2n) is 4.52. The summed E-state index contributed by atoms with van der Waals surface area (Å²) in [7, 11) is 1.26. The molecule has 0 bridgehead atoms. The molecule has 1 aromatic rings. The summed E-state index contributed by atoms with van der Waals surface area (Å²) in [6.07, 6.45) is 3.23. The predicted octanol–water partition coefficient (Wildman–Crippen LogP) is 2.80. The van der Waals surface area contributed by atoms with Crippen molar-refractivity contribution in [2.24, 2.45) is 0 Å². The van der Waals surface area contributed by atoms with Crippen LogP contribution in [0, 0.1) is 17.5 Å². The monoisotopic (exact) mass is 259 g/mol. The lowest BCUT2D eigenvalue weighted by Gasteiger charge is -2.24. The maximum atomic E-state index is 13.7. The maximum Gasteiger partial charge on any atom is 0.168 e. The number of nitrogens with one attached hydrogen (secondary N) is 1. The Balaban J connectivity index is 2.29. The lowest BCUT2D eigenvalue weighted by Crippen LogP contribution is -2.36. The molecule has 2 rings (SSSR count). The first kappa shape index (κ1) is 13.2. The van der Waals surface area contributed by atoms with Gasteiger partial charge in [-0.1, -0.05) is 6.42 Å². The standard InChI is InChI=1S/C13H16F3NO/c1-18-13-9(6-8-4-2-3-5-17-8)12(16)10(14)7-11(13)15/h7-8,17H,2-6H2,1H3. The molecule has 1 N–H and O–H groups in total. The van der Waals surface area contributed by atoms with Crippen molar-refractivity contribution in [2.45, 2.75) is 31.7 Å². The van der Waals surface area contributed by atoms with E-state index in [0.717, 1.165) is 25.8 Å². The van der Waals surface area contributed by atoms with Gasteiger partial charge in [0.1, 0.15) is 0 Å². The van der Waals surface area contributed by atoms with Crippen LogP contribution in [0.2, 0.25) is 0 Å². The van der Waals surface area contributed by atoms with Crippen molar-refractivity contribution in [3.63, 3.8) is 0 Å². The number of ether oxygens (including phenoxy) is 1. The third kappa shape index (κ3) is 2.61. The van der Waals surface area contributed by atoms with Crippen LogP contribution in [-0.2, 0) is 6.42 Å². The molecule has 1 fully saturated rings. The number of halogens is 3. The third-order valence-electron chi connectivity index (χ3n) is 3.29. The predicted molar refractivity (Wildman–Crippen MR) is 62.2 cm³/mol. The van der Waals surface area contributed by atoms with Crippen molar-refractivity contribution in [3.8, 4) is 5.75 Å². The second kappa shape index (κ2) is 5.61. The van der Waals surface area contributed by atoms with Gasteiger partial charge < -0.3 is 10.1 Å². The van der Waals surface area contributed by atoms with E-state index in [1.807, 2.05) is 0 Å². The van der Waals surface area contributed by atoms with Crippen molar-refractivity contribution in [1.29, 1.82) is 0 Å². The lowest BCUT2D eigenvalue weighted by molar-refractivity contribution is 0.351. The summed E-state index contributed by atoms with van der Waals surface area (Å²) >= 11 is 0. The Labute approximate surface area is 104 Å². The van der Waals surface area contributed by atoms with Gasteiger partial charge in [-0.05, 0) is 25.8 Å². The van der Waals surface area contributed by atoms with E-state index in [4.69, 9.17) is 4.74 Å². The van der Waals surface area contributed by atoms with Gasteiger partial charge in [0.15, 0.2) is 23.2 Å². The van der Waals surface area contributed by atoms with Crippen LogP contribution < -0.4 is 10.1 Å². The summed E-state index contributed by atoms with van der Waals surface area (Å²) in [5.41, 5.74) is -0.0191. The molecule has 0 aromatic heterocycles. The molecule has 1 aliphatic rings. The minimum Gasteiger partial charge on any atom is -0.493 e. The van der Waals surface area contributed by atoms with Crippen molar-refractivity contribution in [1.82, 2.24) is 5.32 Å². The van der Waals surface area contributed by atoms with Crippen molar-refractivity contribution in [2.75, 3.05) is 13.7 Å². The van der Waals surface area contributed by atoms with E-state index in [2.05, 4.69) is 5.32 Å². The molecular weight excluding hydrogens is 243 g/mol. The molecule has 1 atom stereocenters. The van der Waals surface area contributed by atoms with Crippen LogP contribution in [0.5, 0.6) is 5.75 Å². The summed E-state index contributed by atoms with van der Waals surface area (Å²) in [6.45, 7) is 0.854. The topological polar surface area (TPSA) is 21.3 Å². The summed E-state index contributed by atoms with van der Waals surface area (Å²) in [5, 5.41) is 3.22. The number of hydrogen-bond donors (Lipinski definition) is 1. The van der Waals surface area contributed by atoms with Crippen LogP contribution in [0.3, 0.4) is 0 Å². The number of benzene rings is 1. The van der Waals surface area contributed by atoms with Crippen molar-refractivity contribution >= 4 is 0 Å². The van der Waals surface area contributed by atoms with Gasteiger partial charge >= 0.3 is 0 Å². The second-order valence-corrected chi connectivity index (χ2v) is 4.52. The number of piperidine rings is 1. The van der Waals surface area contributed by atoms with Crippen LogP contribution in [-0.4, -0.2) is 19.7 Å². The van der Waals surface area contributed by atoms with E-state index in [0.29, 0.717) is 6.07 Å². The average Bonchev–Trinajstić information content (AvgIpc) is 2.37. The molecule has 1 heterocycles. The number of rotatable bonds is 3. The molecule has 100 valence electrons. The van der Waals surface area contributed by atoms with Gasteiger partial charge in [-0.3, -0.25) is 0 Å². The van der Waals surface area contributed by atoms with Crippen LogP contribution in [0.1, 0.15) is 24.8 Å². The van der Waals surface area contributed by atoms with E-state index >= 15 is 0 Å². The number of methoxy groups -OCH3 is 1. The van der Waals surface area contributed by atoms with Gasteiger partial charge in [-0.25, -0.2) is 13.2 Å². The van der Waals surface area contributed by atoms with Gasteiger partial charge in [0.2, 0.25) is 0 Å². The van der Waals surface area contributed by atoms with Crippen molar-refractivity contribution < 1.29 is 17.9 Å². The molecule has 0 spiro atoms. The molecule has 1 saturated heterocycles. The normalized spacial score (nSPS) is 19.9. The molecule has 0 amide bonds. The minimum absolute atomic E-state index is 0.0191. The molecule has 2 nitrogen and oxygen atoms in total. The first-order valence-electron chi connectivity index (χ1n) is 6.07. The smallest absolute Gasteiger partial charge is 0.168 e. The summed E-state index contributed by atoms with van der Waals surface area (Å²) in [5.74, 6) is -3.23. The molecule has 0 radical (unpaired) electrons. The zero-order valence-corrected chi connectivity index (χ0v) is 10.2. The molecule has 18 heavy (non-hydrogen) atoms. The zero-order valence-electron chi connectivity index (χ0n) is 10.2. The highest BCUT2D eigenvalue weighted by Gasteiger charge is 2.23. The Hall–Kier alpha value is -1.23. The van der Waals surface area contributed by atoms with E-state index in [9.17, 15) is 13.2 Å². The van der Waals surface area contributed by atoms with Crippen molar-refractivity contribution in [3.05, 3.63) is 29.1 Å². The van der Waals surface area contributed by atoms with Gasteiger partial charge in [0.25, 0.3) is 0 Å². The third-order valence-corrected chi connectivity index (χ3v) is 3.29. The molecule has 1 unspecified atom stereocenters. The molecule has 1 aromatic carbocycles. The van der Waals surface area contributed by atoms with Crippen LogP contribution in [0.15, 0.2) is 6.07 Å². The van der Waals surface area contributed by atoms with Gasteiger partial charge in [-0.15, -0.1) is 0 Å². The Morgan fingerprint density at radius 2 is 2.06 bits per heavy atom. The largest absolute Gasteiger partial charge is 0.493 e. The van der Waals surface area contributed by atoms with E-state index in [1.54, 1.807) is 0 Å². The Morgan fingerprint density at radius 3 is 2.67 bits per heavy atom. The molecule has 0 saturated carbocycles. The Bertz CT molecular complexity index is 431. The lowest BCUT2D eigenvalue weighted by atomic mass is 9.96. The molecule has 0 aliphatic carbocycles. The van der Waals surface area contributed by atoms with Gasteiger partial charge in [0, 0.05) is 17.7 Å². The average molecular weight is 259 g/mol.